The van der Waals surface area contributed by atoms with Crippen molar-refractivity contribution >= 4 is 29.3 Å². The highest BCUT2D eigenvalue weighted by Crippen LogP contribution is 2.32. The molecule has 0 unspecified atom stereocenters. The van der Waals surface area contributed by atoms with E-state index in [1.165, 1.54) is 17.4 Å². The van der Waals surface area contributed by atoms with Crippen molar-refractivity contribution in [3.05, 3.63) is 53.7 Å². The highest BCUT2D eigenvalue weighted by Gasteiger charge is 2.26. The van der Waals surface area contributed by atoms with Crippen LogP contribution >= 0.6 is 11.8 Å². The number of hydrogen-bond acceptors (Lipinski definition) is 5. The number of aliphatic carboxylic acids is 1. The largest absolute Gasteiger partial charge is 0.481 e. The maximum absolute atomic E-state index is 12.8. The van der Waals surface area contributed by atoms with Gasteiger partial charge in [0.2, 0.25) is 0 Å². The van der Waals surface area contributed by atoms with Crippen molar-refractivity contribution in [3.8, 4) is 0 Å². The topological polar surface area (TPSA) is 73.7 Å². The molecule has 2 heterocycles. The van der Waals surface area contributed by atoms with Gasteiger partial charge < -0.3 is 14.9 Å². The molecular formula is C22H27N3O3S. The Labute approximate surface area is 175 Å². The number of carboxylic acid groups (broad SMARTS) is 1. The second kappa shape index (κ2) is 8.86. The molecule has 0 radical (unpaired) electrons. The summed E-state index contributed by atoms with van der Waals surface area (Å²) in [6.45, 7) is 9.56. The summed E-state index contributed by atoms with van der Waals surface area (Å²) in [6, 6.07) is 11.9. The molecule has 1 saturated heterocycles. The summed E-state index contributed by atoms with van der Waals surface area (Å²) >= 11 is 1.14. The van der Waals surface area contributed by atoms with E-state index in [1.807, 2.05) is 4.90 Å². The second-order valence-electron chi connectivity index (χ2n) is 8.11. The van der Waals surface area contributed by atoms with E-state index >= 15 is 0 Å². The zero-order chi connectivity index (χ0) is 21.0. The van der Waals surface area contributed by atoms with Crippen LogP contribution < -0.4 is 4.90 Å². The number of anilines is 1. The smallest absolute Gasteiger partial charge is 0.313 e. The summed E-state index contributed by atoms with van der Waals surface area (Å²) < 4.78 is 0. The first kappa shape index (κ1) is 21.2. The van der Waals surface area contributed by atoms with Gasteiger partial charge in [0.15, 0.2) is 0 Å². The molecular weight excluding hydrogens is 386 g/mol. The van der Waals surface area contributed by atoms with Gasteiger partial charge in [0.05, 0.1) is 16.3 Å². The van der Waals surface area contributed by atoms with Crippen LogP contribution in [0.1, 0.15) is 36.7 Å². The molecule has 3 rings (SSSR count). The number of carbonyl (C=O) groups excluding carboxylic acids is 1. The summed E-state index contributed by atoms with van der Waals surface area (Å²) in [5, 5.41) is 9.34. The van der Waals surface area contributed by atoms with Crippen molar-refractivity contribution in [1.82, 2.24) is 9.88 Å². The molecule has 1 aromatic heterocycles. The zero-order valence-corrected chi connectivity index (χ0v) is 17.9. The number of rotatable bonds is 5. The van der Waals surface area contributed by atoms with Gasteiger partial charge in [-0.15, -0.1) is 0 Å². The number of hydrogen-bond donors (Lipinski definition) is 1. The molecule has 0 aliphatic carbocycles. The molecule has 1 N–H and O–H groups in total. The lowest BCUT2D eigenvalue weighted by Crippen LogP contribution is -2.49. The molecule has 1 aliphatic rings. The molecule has 0 atom stereocenters. The Kier molecular flexibility index (Phi) is 6.47. The lowest BCUT2D eigenvalue weighted by molar-refractivity contribution is -0.133. The molecule has 0 bridgehead atoms. The average molecular weight is 414 g/mol. The van der Waals surface area contributed by atoms with Crippen LogP contribution in [0, 0.1) is 0 Å². The number of thioether (sulfide) groups is 1. The van der Waals surface area contributed by atoms with E-state index in [2.05, 4.69) is 54.9 Å². The molecule has 0 saturated carbocycles. The van der Waals surface area contributed by atoms with Crippen LogP contribution in [0.25, 0.3) is 0 Å². The van der Waals surface area contributed by atoms with Gasteiger partial charge in [-0.25, -0.2) is 4.98 Å². The number of para-hydroxylation sites is 1. The van der Waals surface area contributed by atoms with Crippen LogP contribution in [0.2, 0.25) is 0 Å². The first-order chi connectivity index (χ1) is 13.8. The van der Waals surface area contributed by atoms with Gasteiger partial charge in [-0.2, -0.15) is 0 Å². The van der Waals surface area contributed by atoms with E-state index in [-0.39, 0.29) is 17.1 Å². The van der Waals surface area contributed by atoms with Crippen LogP contribution in [-0.4, -0.2) is 58.8 Å². The Morgan fingerprint density at radius 1 is 1.07 bits per heavy atom. The van der Waals surface area contributed by atoms with Gasteiger partial charge in [0, 0.05) is 38.1 Å². The van der Waals surface area contributed by atoms with Gasteiger partial charge >= 0.3 is 5.97 Å². The lowest BCUT2D eigenvalue weighted by Gasteiger charge is -2.38. The normalized spacial score (nSPS) is 14.7. The first-order valence-electron chi connectivity index (χ1n) is 9.70. The van der Waals surface area contributed by atoms with E-state index in [0.717, 1.165) is 24.9 Å². The van der Waals surface area contributed by atoms with E-state index in [0.29, 0.717) is 23.7 Å². The molecule has 1 aromatic carbocycles. The van der Waals surface area contributed by atoms with Gasteiger partial charge in [-0.3, -0.25) is 9.59 Å². The van der Waals surface area contributed by atoms with Crippen molar-refractivity contribution in [1.29, 1.82) is 0 Å². The van der Waals surface area contributed by atoms with Crippen LogP contribution in [0.15, 0.2) is 47.6 Å². The fourth-order valence-electron chi connectivity index (χ4n) is 3.44. The molecule has 1 amide bonds. The number of nitrogens with zero attached hydrogens (tertiary/aromatic N) is 3. The minimum Gasteiger partial charge on any atom is -0.481 e. The molecule has 6 nitrogen and oxygen atoms in total. The third-order valence-corrected chi connectivity index (χ3v) is 5.88. The predicted molar refractivity (Wildman–Crippen MR) is 116 cm³/mol. The maximum Gasteiger partial charge on any atom is 0.313 e. The second-order valence-corrected chi connectivity index (χ2v) is 9.11. The molecule has 1 fully saturated rings. The Bertz CT molecular complexity index is 870. The number of benzene rings is 1. The number of piperazine rings is 1. The highest BCUT2D eigenvalue weighted by atomic mass is 32.2. The fourth-order valence-corrected chi connectivity index (χ4v) is 4.01. The minimum absolute atomic E-state index is 0.0314. The van der Waals surface area contributed by atoms with Gasteiger partial charge in [0.25, 0.3) is 5.91 Å². The van der Waals surface area contributed by atoms with E-state index in [4.69, 9.17) is 5.11 Å². The molecule has 29 heavy (non-hydrogen) atoms. The van der Waals surface area contributed by atoms with Gasteiger partial charge in [0.1, 0.15) is 0 Å². The minimum atomic E-state index is -0.886. The summed E-state index contributed by atoms with van der Waals surface area (Å²) in [6.07, 6.45) is 1.54. The van der Waals surface area contributed by atoms with Crippen molar-refractivity contribution in [2.45, 2.75) is 31.2 Å². The maximum atomic E-state index is 12.8. The van der Waals surface area contributed by atoms with E-state index in [1.54, 1.807) is 12.1 Å². The van der Waals surface area contributed by atoms with Crippen molar-refractivity contribution in [2.75, 3.05) is 36.8 Å². The van der Waals surface area contributed by atoms with Crippen LogP contribution in [0.4, 0.5) is 5.69 Å². The quantitative estimate of drug-likeness (QED) is 0.756. The van der Waals surface area contributed by atoms with Crippen molar-refractivity contribution < 1.29 is 14.7 Å². The molecule has 1 aliphatic heterocycles. The summed E-state index contributed by atoms with van der Waals surface area (Å²) in [7, 11) is 0. The number of aromatic nitrogens is 1. The van der Waals surface area contributed by atoms with Crippen LogP contribution in [-0.2, 0) is 10.2 Å². The Morgan fingerprint density at radius 3 is 2.34 bits per heavy atom. The number of carboxylic acids is 1. The zero-order valence-electron chi connectivity index (χ0n) is 17.1. The monoisotopic (exact) mass is 413 g/mol. The standard InChI is InChI=1S/C22H27N3O3S/c1-22(2,3)17-6-4-5-7-18(17)24-10-12-25(13-11-24)21(28)16-8-9-19(23-14-16)29-15-20(26)27/h4-9,14H,10-13,15H2,1-3H3,(H,26,27). The summed E-state index contributed by atoms with van der Waals surface area (Å²) in [4.78, 5) is 31.9. The lowest BCUT2D eigenvalue weighted by atomic mass is 9.85. The Hall–Kier alpha value is -2.54. The molecule has 154 valence electrons. The third-order valence-electron chi connectivity index (χ3n) is 4.95. The van der Waals surface area contributed by atoms with Crippen molar-refractivity contribution in [3.63, 3.8) is 0 Å². The first-order valence-corrected chi connectivity index (χ1v) is 10.7. The number of amides is 1. The molecule has 7 heteroatoms. The van der Waals surface area contributed by atoms with E-state index in [9.17, 15) is 9.59 Å². The van der Waals surface area contributed by atoms with Crippen LogP contribution in [0.3, 0.4) is 0 Å². The van der Waals surface area contributed by atoms with Crippen LogP contribution in [0.5, 0.6) is 0 Å². The summed E-state index contributed by atoms with van der Waals surface area (Å²) in [5.74, 6) is -0.961. The van der Waals surface area contributed by atoms with E-state index < -0.39 is 5.97 Å². The van der Waals surface area contributed by atoms with Crippen molar-refractivity contribution in [2.24, 2.45) is 0 Å². The van der Waals surface area contributed by atoms with Gasteiger partial charge in [-0.1, -0.05) is 50.7 Å². The number of carbonyl (C=O) groups is 2. The SMILES string of the molecule is CC(C)(C)c1ccccc1N1CCN(C(=O)c2ccc(SCC(=O)O)nc2)CC1. The average Bonchev–Trinajstić information content (AvgIpc) is 2.71. The summed E-state index contributed by atoms with van der Waals surface area (Å²) in [5.41, 5.74) is 3.16. The highest BCUT2D eigenvalue weighted by molar-refractivity contribution is 7.99. The fraction of sp³-hybridized carbons (Fsp3) is 0.409. The third kappa shape index (κ3) is 5.29. The Balaban J connectivity index is 1.62. The predicted octanol–water partition coefficient (Wildman–Crippen LogP) is 3.52. The van der Waals surface area contributed by atoms with Gasteiger partial charge in [-0.05, 0) is 29.2 Å². The Morgan fingerprint density at radius 2 is 1.76 bits per heavy atom. The molecule has 2 aromatic rings. The number of pyridine rings is 1. The molecule has 0 spiro atoms.